The lowest BCUT2D eigenvalue weighted by atomic mass is 9.92. The topological polar surface area (TPSA) is 78.3 Å². The molecule has 4 nitrogen and oxygen atoms in total. The lowest BCUT2D eigenvalue weighted by Crippen LogP contribution is -2.46. The summed E-state index contributed by atoms with van der Waals surface area (Å²) in [5, 5.41) is 0. The van der Waals surface area contributed by atoms with Gasteiger partial charge in [0.25, 0.3) is 0 Å². The third kappa shape index (κ3) is 2.07. The smallest absolute Gasteiger partial charge is 0.241 e. The van der Waals surface area contributed by atoms with Crippen LogP contribution in [0.5, 0.6) is 5.75 Å². The fraction of sp³-hybridized carbons (Fsp3) is 0.300. The van der Waals surface area contributed by atoms with Crippen molar-refractivity contribution in [2.45, 2.75) is 12.5 Å². The number of carbonyl (C=O) groups is 1. The molecule has 0 aliphatic carbocycles. The van der Waals surface area contributed by atoms with Gasteiger partial charge in [0, 0.05) is 0 Å². The summed E-state index contributed by atoms with van der Waals surface area (Å²) in [6, 6.07) is 4.05. The van der Waals surface area contributed by atoms with Crippen LogP contribution in [-0.4, -0.2) is 13.0 Å². The number of ether oxygens (including phenoxy) is 1. The van der Waals surface area contributed by atoms with E-state index in [0.29, 0.717) is 5.56 Å². The van der Waals surface area contributed by atoms with E-state index >= 15 is 0 Å². The van der Waals surface area contributed by atoms with Crippen LogP contribution in [0.3, 0.4) is 0 Å². The molecule has 0 aromatic heterocycles. The number of primary amides is 1. The molecule has 5 heteroatoms. The Hall–Kier alpha value is -1.62. The van der Waals surface area contributed by atoms with E-state index < -0.39 is 17.3 Å². The Kier molecular flexibility index (Phi) is 2.95. The van der Waals surface area contributed by atoms with Gasteiger partial charge in [-0.1, -0.05) is 6.07 Å². The Morgan fingerprint density at radius 3 is 2.53 bits per heavy atom. The summed E-state index contributed by atoms with van der Waals surface area (Å²) >= 11 is 0. The molecule has 1 aromatic carbocycles. The van der Waals surface area contributed by atoms with Gasteiger partial charge >= 0.3 is 0 Å². The van der Waals surface area contributed by atoms with Crippen molar-refractivity contribution in [3.05, 3.63) is 29.6 Å². The van der Waals surface area contributed by atoms with Crippen LogP contribution < -0.4 is 16.2 Å². The highest BCUT2D eigenvalue weighted by Crippen LogP contribution is 2.23. The van der Waals surface area contributed by atoms with Gasteiger partial charge < -0.3 is 16.2 Å². The van der Waals surface area contributed by atoms with Crippen LogP contribution >= 0.6 is 0 Å². The molecule has 1 atom stereocenters. The van der Waals surface area contributed by atoms with Gasteiger partial charge in [-0.3, -0.25) is 4.79 Å². The first kappa shape index (κ1) is 11.5. The minimum Gasteiger partial charge on any atom is -0.494 e. The van der Waals surface area contributed by atoms with E-state index in [1.807, 2.05) is 0 Å². The van der Waals surface area contributed by atoms with Gasteiger partial charge in [-0.25, -0.2) is 4.39 Å². The number of hydrogen-bond donors (Lipinski definition) is 2. The number of hydrogen-bond acceptors (Lipinski definition) is 3. The van der Waals surface area contributed by atoms with Gasteiger partial charge in [0.2, 0.25) is 5.91 Å². The molecule has 1 aromatic rings. The number of amides is 1. The van der Waals surface area contributed by atoms with Crippen LogP contribution in [0.1, 0.15) is 12.5 Å². The number of halogens is 1. The SMILES string of the molecule is COc1ccc(C(C)(N)C(N)=O)cc1F. The highest BCUT2D eigenvalue weighted by molar-refractivity contribution is 5.85. The van der Waals surface area contributed by atoms with E-state index in [1.165, 1.54) is 26.2 Å². The summed E-state index contributed by atoms with van der Waals surface area (Å²) in [5.74, 6) is -1.20. The summed E-state index contributed by atoms with van der Waals surface area (Å²) in [6.07, 6.45) is 0. The van der Waals surface area contributed by atoms with Crippen molar-refractivity contribution < 1.29 is 13.9 Å². The zero-order valence-corrected chi connectivity index (χ0v) is 8.58. The number of methoxy groups -OCH3 is 1. The zero-order chi connectivity index (χ0) is 11.6. The largest absolute Gasteiger partial charge is 0.494 e. The molecule has 0 saturated carbocycles. The fourth-order valence-corrected chi connectivity index (χ4v) is 1.13. The molecule has 0 heterocycles. The number of carbonyl (C=O) groups excluding carboxylic acids is 1. The highest BCUT2D eigenvalue weighted by Gasteiger charge is 2.28. The second-order valence-electron chi connectivity index (χ2n) is 3.42. The van der Waals surface area contributed by atoms with Crippen molar-refractivity contribution in [3.8, 4) is 5.75 Å². The Morgan fingerprint density at radius 2 is 2.13 bits per heavy atom. The Balaban J connectivity index is 3.18. The van der Waals surface area contributed by atoms with Crippen LogP contribution in [-0.2, 0) is 10.3 Å². The zero-order valence-electron chi connectivity index (χ0n) is 8.58. The fourth-order valence-electron chi connectivity index (χ4n) is 1.13. The third-order valence-electron chi connectivity index (χ3n) is 2.26. The quantitative estimate of drug-likeness (QED) is 0.765. The van der Waals surface area contributed by atoms with Gasteiger partial charge in [0.1, 0.15) is 5.54 Å². The molecular weight excluding hydrogens is 199 g/mol. The Bertz CT molecular complexity index is 391. The van der Waals surface area contributed by atoms with Crippen LogP contribution in [0.2, 0.25) is 0 Å². The molecule has 1 unspecified atom stereocenters. The van der Waals surface area contributed by atoms with Crippen LogP contribution in [0.25, 0.3) is 0 Å². The van der Waals surface area contributed by atoms with Gasteiger partial charge in [-0.05, 0) is 24.6 Å². The molecule has 0 spiro atoms. The molecule has 0 aliphatic heterocycles. The lowest BCUT2D eigenvalue weighted by molar-refractivity contribution is -0.122. The molecule has 4 N–H and O–H groups in total. The summed E-state index contributed by atoms with van der Waals surface area (Å²) < 4.78 is 18.1. The van der Waals surface area contributed by atoms with Gasteiger partial charge in [0.15, 0.2) is 11.6 Å². The first-order valence-electron chi connectivity index (χ1n) is 4.32. The maximum Gasteiger partial charge on any atom is 0.241 e. The van der Waals surface area contributed by atoms with Crippen LogP contribution in [0.4, 0.5) is 4.39 Å². The number of nitrogens with two attached hydrogens (primary N) is 2. The van der Waals surface area contributed by atoms with E-state index in [1.54, 1.807) is 0 Å². The Morgan fingerprint density at radius 1 is 1.53 bits per heavy atom. The maximum atomic E-state index is 13.3. The van der Waals surface area contributed by atoms with Gasteiger partial charge in [0.05, 0.1) is 7.11 Å². The third-order valence-corrected chi connectivity index (χ3v) is 2.26. The van der Waals surface area contributed by atoms with E-state index in [-0.39, 0.29) is 5.75 Å². The first-order chi connectivity index (χ1) is 6.89. The predicted molar refractivity (Wildman–Crippen MR) is 53.7 cm³/mol. The molecule has 0 aliphatic rings. The van der Waals surface area contributed by atoms with Crippen molar-refractivity contribution in [1.82, 2.24) is 0 Å². The Labute approximate surface area is 87.0 Å². The molecule has 0 bridgehead atoms. The van der Waals surface area contributed by atoms with E-state index in [4.69, 9.17) is 16.2 Å². The lowest BCUT2D eigenvalue weighted by Gasteiger charge is -2.21. The highest BCUT2D eigenvalue weighted by atomic mass is 19.1. The molecule has 1 rings (SSSR count). The number of benzene rings is 1. The standard InChI is InChI=1S/C10H13FN2O2/c1-10(13,9(12)14)6-3-4-8(15-2)7(11)5-6/h3-5H,13H2,1-2H3,(H2,12,14). The molecule has 0 fully saturated rings. The van der Waals surface area contributed by atoms with Crippen LogP contribution in [0.15, 0.2) is 18.2 Å². The molecule has 82 valence electrons. The molecule has 15 heavy (non-hydrogen) atoms. The summed E-state index contributed by atoms with van der Waals surface area (Å²) in [4.78, 5) is 11.0. The number of rotatable bonds is 3. The second-order valence-corrected chi connectivity index (χ2v) is 3.42. The maximum absolute atomic E-state index is 13.3. The second kappa shape index (κ2) is 3.86. The monoisotopic (exact) mass is 212 g/mol. The summed E-state index contributed by atoms with van der Waals surface area (Å²) in [5.41, 5.74) is 9.70. The first-order valence-corrected chi connectivity index (χ1v) is 4.32. The van der Waals surface area contributed by atoms with E-state index in [9.17, 15) is 9.18 Å². The molecule has 0 saturated heterocycles. The summed E-state index contributed by atoms with van der Waals surface area (Å²) in [7, 11) is 1.35. The van der Waals surface area contributed by atoms with E-state index in [2.05, 4.69) is 0 Å². The molecule has 1 amide bonds. The van der Waals surface area contributed by atoms with Crippen molar-refractivity contribution in [3.63, 3.8) is 0 Å². The van der Waals surface area contributed by atoms with Gasteiger partial charge in [-0.2, -0.15) is 0 Å². The van der Waals surface area contributed by atoms with Crippen molar-refractivity contribution in [1.29, 1.82) is 0 Å². The minimum atomic E-state index is -1.38. The predicted octanol–water partition coefficient (Wildman–Crippen LogP) is 0.494. The van der Waals surface area contributed by atoms with E-state index in [0.717, 1.165) is 6.07 Å². The summed E-state index contributed by atoms with van der Waals surface area (Å²) in [6.45, 7) is 1.43. The van der Waals surface area contributed by atoms with Crippen molar-refractivity contribution in [2.75, 3.05) is 7.11 Å². The normalized spacial score (nSPS) is 14.4. The van der Waals surface area contributed by atoms with Gasteiger partial charge in [-0.15, -0.1) is 0 Å². The van der Waals surface area contributed by atoms with Crippen molar-refractivity contribution in [2.24, 2.45) is 11.5 Å². The molecular formula is C10H13FN2O2. The minimum absolute atomic E-state index is 0.0963. The van der Waals surface area contributed by atoms with Crippen molar-refractivity contribution >= 4 is 5.91 Å². The average molecular weight is 212 g/mol. The van der Waals surface area contributed by atoms with Crippen LogP contribution in [0, 0.1) is 5.82 Å². The molecule has 0 radical (unpaired) electrons. The average Bonchev–Trinajstić information content (AvgIpc) is 2.17.